The largest absolute Gasteiger partial charge is 0.477 e. The number of thiazole rings is 1. The molecule has 3 N–H and O–H groups in total. The molecule has 1 fully saturated rings. The van der Waals surface area contributed by atoms with Gasteiger partial charge < -0.3 is 29.6 Å². The van der Waals surface area contributed by atoms with Gasteiger partial charge in [0.15, 0.2) is 10.9 Å². The Morgan fingerprint density at radius 3 is 2.78 bits per heavy atom. The highest BCUT2D eigenvalue weighted by Crippen LogP contribution is 2.35. The molecule has 0 aromatic carbocycles. The molecule has 1 aliphatic rings. The maximum absolute atomic E-state index is 12.7. The van der Waals surface area contributed by atoms with E-state index in [9.17, 15) is 14.7 Å². The predicted octanol–water partition coefficient (Wildman–Crippen LogP) is 3.46. The van der Waals surface area contributed by atoms with Crippen molar-refractivity contribution in [2.75, 3.05) is 25.1 Å². The third-order valence-electron chi connectivity index (χ3n) is 5.21. The van der Waals surface area contributed by atoms with Gasteiger partial charge in [-0.1, -0.05) is 39.7 Å². The molecule has 1 saturated heterocycles. The van der Waals surface area contributed by atoms with Crippen LogP contribution in [0, 0.1) is 6.92 Å². The first-order valence-corrected chi connectivity index (χ1v) is 11.1. The zero-order valence-electron chi connectivity index (χ0n) is 17.0. The number of hydrogen-bond acceptors (Lipinski definition) is 8. The Morgan fingerprint density at radius 2 is 2.19 bits per heavy atom. The second-order valence-corrected chi connectivity index (χ2v) is 8.93. The number of carboxylic acids is 1. The fourth-order valence-corrected chi connectivity index (χ4v) is 4.92. The summed E-state index contributed by atoms with van der Waals surface area (Å²) in [5.74, 6) is -1.19. The van der Waals surface area contributed by atoms with Gasteiger partial charge in [0.25, 0.3) is 5.91 Å². The molecular weight excluding hydrogens is 481 g/mol. The fraction of sp³-hybridized carbons (Fsp3) is 0.368. The highest BCUT2D eigenvalue weighted by molar-refractivity contribution is 7.17. The van der Waals surface area contributed by atoms with E-state index in [1.807, 2.05) is 4.90 Å². The van der Waals surface area contributed by atoms with Gasteiger partial charge in [0.05, 0.1) is 28.4 Å². The van der Waals surface area contributed by atoms with Crippen LogP contribution in [0.2, 0.25) is 10.0 Å². The van der Waals surface area contributed by atoms with E-state index in [1.54, 1.807) is 20.1 Å². The van der Waals surface area contributed by atoms with E-state index in [4.69, 9.17) is 32.5 Å². The van der Waals surface area contributed by atoms with Crippen LogP contribution in [0.15, 0.2) is 16.8 Å². The summed E-state index contributed by atoms with van der Waals surface area (Å²) in [7, 11) is 1.56. The summed E-state index contributed by atoms with van der Waals surface area (Å²) in [6.07, 6.45) is 1.62. The van der Waals surface area contributed by atoms with Gasteiger partial charge >= 0.3 is 5.97 Å². The minimum absolute atomic E-state index is 0.0646. The molecule has 0 spiro atoms. The number of H-pyrrole nitrogens is 1. The van der Waals surface area contributed by atoms with Gasteiger partial charge in [-0.25, -0.2) is 9.78 Å². The molecule has 170 valence electrons. The number of carbonyl (C=O) groups is 2. The summed E-state index contributed by atoms with van der Waals surface area (Å²) in [6, 6.07) is 1.28. The average molecular weight is 500 g/mol. The van der Waals surface area contributed by atoms with Crippen molar-refractivity contribution in [1.82, 2.24) is 20.4 Å². The Hall–Kier alpha value is -2.60. The zero-order chi connectivity index (χ0) is 23.0. The molecule has 10 nitrogen and oxygen atoms in total. The predicted molar refractivity (Wildman–Crippen MR) is 119 cm³/mol. The number of methoxy groups -OCH3 is 1. The Morgan fingerprint density at radius 1 is 1.41 bits per heavy atom. The van der Waals surface area contributed by atoms with Gasteiger partial charge in [-0.2, -0.15) is 0 Å². The third kappa shape index (κ3) is 4.20. The third-order valence-corrected chi connectivity index (χ3v) is 7.26. The highest BCUT2D eigenvalue weighted by Gasteiger charge is 2.34. The second-order valence-electron chi connectivity index (χ2n) is 7.20. The molecule has 2 atom stereocenters. The van der Waals surface area contributed by atoms with Gasteiger partial charge in [-0.05, 0) is 13.3 Å². The van der Waals surface area contributed by atoms with Crippen molar-refractivity contribution in [2.24, 2.45) is 0 Å². The van der Waals surface area contributed by atoms with Crippen LogP contribution in [0.1, 0.15) is 32.3 Å². The molecule has 0 unspecified atom stereocenters. The lowest BCUT2D eigenvalue weighted by molar-refractivity contribution is 0.0540. The first kappa shape index (κ1) is 22.6. The van der Waals surface area contributed by atoms with E-state index in [-0.39, 0.29) is 45.1 Å². The summed E-state index contributed by atoms with van der Waals surface area (Å²) in [6.45, 7) is 2.67. The number of nitrogens with one attached hydrogen (secondary N) is 2. The van der Waals surface area contributed by atoms with E-state index in [0.717, 1.165) is 11.3 Å². The van der Waals surface area contributed by atoms with E-state index in [2.05, 4.69) is 20.4 Å². The lowest BCUT2D eigenvalue weighted by atomic mass is 10.0. The number of hydrogen-bond donors (Lipinski definition) is 3. The minimum Gasteiger partial charge on any atom is -0.477 e. The number of carbonyl (C=O) groups excluding carboxylic acids is 1. The number of rotatable bonds is 6. The van der Waals surface area contributed by atoms with Gasteiger partial charge in [0.1, 0.15) is 16.3 Å². The molecule has 4 heterocycles. The SMILES string of the molecule is CO[C@H]1CN(c2nc(-c3ccno3)c(C(=O)O)s2)CC[C@H]1NC(=O)c1[nH]c(C)c(Cl)c1Cl. The number of aromatic carboxylic acids is 1. The molecule has 0 saturated carbocycles. The van der Waals surface area contributed by atoms with Crippen molar-refractivity contribution in [1.29, 1.82) is 0 Å². The second kappa shape index (κ2) is 9.10. The number of aryl methyl sites for hydroxylation is 1. The van der Waals surface area contributed by atoms with Crippen molar-refractivity contribution in [3.8, 4) is 11.5 Å². The monoisotopic (exact) mass is 499 g/mol. The number of anilines is 1. The van der Waals surface area contributed by atoms with Crippen LogP contribution in [0.5, 0.6) is 0 Å². The molecular formula is C19H19Cl2N5O5S. The van der Waals surface area contributed by atoms with Crippen LogP contribution < -0.4 is 10.2 Å². The number of carboxylic acid groups (broad SMARTS) is 1. The van der Waals surface area contributed by atoms with Crippen molar-refractivity contribution in [3.05, 3.63) is 38.6 Å². The van der Waals surface area contributed by atoms with Crippen LogP contribution in [-0.4, -0.2) is 64.5 Å². The van der Waals surface area contributed by atoms with Gasteiger partial charge in [-0.15, -0.1) is 0 Å². The first-order valence-electron chi connectivity index (χ1n) is 9.57. The number of ether oxygens (including phenoxy) is 1. The van der Waals surface area contributed by atoms with Crippen molar-refractivity contribution >= 4 is 51.5 Å². The summed E-state index contributed by atoms with van der Waals surface area (Å²) in [5, 5.41) is 17.2. The molecule has 3 aromatic heterocycles. The molecule has 0 aliphatic carbocycles. The summed E-state index contributed by atoms with van der Waals surface area (Å²) >= 11 is 13.3. The number of nitrogens with zero attached hydrogens (tertiary/aromatic N) is 3. The fourth-order valence-electron chi connectivity index (χ4n) is 3.56. The lowest BCUT2D eigenvalue weighted by Crippen LogP contribution is -2.55. The standard InChI is InChI=1S/C19H19Cl2N5O5S/c1-8-12(20)13(21)15(23-8)17(27)24-9-4-6-26(7-11(9)30-2)19-25-14(10-3-5-22-31-10)16(32-19)18(28)29/h3,5,9,11,23H,4,6-7H2,1-2H3,(H,24,27)(H,28,29)/t9-,11+/m1/s1. The van der Waals surface area contributed by atoms with Crippen LogP contribution in [0.4, 0.5) is 5.13 Å². The summed E-state index contributed by atoms with van der Waals surface area (Å²) in [5.41, 5.74) is 1.04. The van der Waals surface area contributed by atoms with Crippen LogP contribution >= 0.6 is 34.5 Å². The Bertz CT molecular complexity index is 1150. The summed E-state index contributed by atoms with van der Waals surface area (Å²) in [4.78, 5) is 33.8. The quantitative estimate of drug-likeness (QED) is 0.469. The molecule has 1 amide bonds. The maximum Gasteiger partial charge on any atom is 0.348 e. The molecule has 13 heteroatoms. The topological polar surface area (TPSA) is 134 Å². The van der Waals surface area contributed by atoms with Gasteiger partial charge in [-0.3, -0.25) is 4.79 Å². The molecule has 0 radical (unpaired) electrons. The van der Waals surface area contributed by atoms with E-state index in [1.165, 1.54) is 6.20 Å². The van der Waals surface area contributed by atoms with Crippen LogP contribution in [0.3, 0.4) is 0 Å². The number of amides is 1. The average Bonchev–Trinajstić information content (AvgIpc) is 3.50. The highest BCUT2D eigenvalue weighted by atomic mass is 35.5. The minimum atomic E-state index is -1.10. The number of piperidine rings is 1. The van der Waals surface area contributed by atoms with E-state index >= 15 is 0 Å². The van der Waals surface area contributed by atoms with E-state index in [0.29, 0.717) is 35.4 Å². The van der Waals surface area contributed by atoms with E-state index < -0.39 is 5.97 Å². The number of aromatic nitrogens is 3. The first-order chi connectivity index (χ1) is 15.3. The van der Waals surface area contributed by atoms with Crippen LogP contribution in [0.25, 0.3) is 11.5 Å². The smallest absolute Gasteiger partial charge is 0.348 e. The normalized spacial score (nSPS) is 18.7. The Labute approximate surface area is 196 Å². The van der Waals surface area contributed by atoms with Crippen LogP contribution in [-0.2, 0) is 4.74 Å². The zero-order valence-corrected chi connectivity index (χ0v) is 19.3. The Kier molecular flexibility index (Phi) is 6.42. The summed E-state index contributed by atoms with van der Waals surface area (Å²) < 4.78 is 10.7. The van der Waals surface area contributed by atoms with Gasteiger partial charge in [0, 0.05) is 32.0 Å². The van der Waals surface area contributed by atoms with Crippen molar-refractivity contribution < 1.29 is 24.0 Å². The Balaban J connectivity index is 1.50. The van der Waals surface area contributed by atoms with Gasteiger partial charge in [0.2, 0.25) is 0 Å². The lowest BCUT2D eigenvalue weighted by Gasteiger charge is -2.37. The number of halogens is 2. The van der Waals surface area contributed by atoms with Crippen molar-refractivity contribution in [3.63, 3.8) is 0 Å². The number of aromatic amines is 1. The maximum atomic E-state index is 12.7. The molecule has 32 heavy (non-hydrogen) atoms. The molecule has 0 bridgehead atoms. The molecule has 4 rings (SSSR count). The molecule has 1 aliphatic heterocycles. The van der Waals surface area contributed by atoms with Crippen molar-refractivity contribution in [2.45, 2.75) is 25.5 Å². The molecule has 3 aromatic rings.